The third-order valence-corrected chi connectivity index (χ3v) is 1.58. The predicted octanol–water partition coefficient (Wildman–Crippen LogP) is -0.700. The van der Waals surface area contributed by atoms with E-state index in [4.69, 9.17) is 16.6 Å². The molecule has 5 N–H and O–H groups in total. The lowest BCUT2D eigenvalue weighted by molar-refractivity contribution is -0.137. The van der Waals surface area contributed by atoms with Gasteiger partial charge in [0.15, 0.2) is 0 Å². The van der Waals surface area contributed by atoms with Gasteiger partial charge in [0.1, 0.15) is 0 Å². The molecule has 2 atom stereocenters. The Labute approximate surface area is 70.7 Å². The Morgan fingerprint density at radius 3 is 2.33 bits per heavy atom. The van der Waals surface area contributed by atoms with Crippen LogP contribution in [-0.2, 0) is 9.59 Å². The van der Waals surface area contributed by atoms with Crippen LogP contribution >= 0.6 is 0 Å². The molecule has 0 bridgehead atoms. The highest BCUT2D eigenvalue weighted by Crippen LogP contribution is 2.05. The minimum Gasteiger partial charge on any atom is -0.481 e. The van der Waals surface area contributed by atoms with Gasteiger partial charge in [-0.1, -0.05) is 6.92 Å². The van der Waals surface area contributed by atoms with Crippen LogP contribution in [-0.4, -0.2) is 23.0 Å². The van der Waals surface area contributed by atoms with E-state index in [0.717, 1.165) is 0 Å². The molecule has 0 fully saturated rings. The molecule has 0 radical (unpaired) electrons. The second-order valence-corrected chi connectivity index (χ2v) is 2.90. The third-order valence-electron chi connectivity index (χ3n) is 1.58. The van der Waals surface area contributed by atoms with Crippen LogP contribution in [0, 0.1) is 5.92 Å². The van der Waals surface area contributed by atoms with Crippen molar-refractivity contribution in [1.82, 2.24) is 0 Å². The highest BCUT2D eigenvalue weighted by atomic mass is 16.4. The minimum absolute atomic E-state index is 0.127. The van der Waals surface area contributed by atoms with Crippen LogP contribution in [0.25, 0.3) is 0 Å². The van der Waals surface area contributed by atoms with Crippen LogP contribution in [0.2, 0.25) is 0 Å². The van der Waals surface area contributed by atoms with Crippen molar-refractivity contribution in [3.05, 3.63) is 0 Å². The fraction of sp³-hybridized carbons (Fsp3) is 0.714. The molecule has 0 aliphatic carbocycles. The van der Waals surface area contributed by atoms with E-state index in [0.29, 0.717) is 6.42 Å². The van der Waals surface area contributed by atoms with Crippen LogP contribution in [0.5, 0.6) is 0 Å². The van der Waals surface area contributed by atoms with Gasteiger partial charge in [-0.15, -0.1) is 0 Å². The van der Waals surface area contributed by atoms with Crippen molar-refractivity contribution in [3.63, 3.8) is 0 Å². The second-order valence-electron chi connectivity index (χ2n) is 2.90. The highest BCUT2D eigenvalue weighted by Gasteiger charge is 2.15. The van der Waals surface area contributed by atoms with Gasteiger partial charge in [-0.25, -0.2) is 0 Å². The Morgan fingerprint density at radius 1 is 1.50 bits per heavy atom. The lowest BCUT2D eigenvalue weighted by Crippen LogP contribution is -2.31. The molecule has 0 saturated carbocycles. The van der Waals surface area contributed by atoms with Gasteiger partial charge in [0, 0.05) is 12.0 Å². The van der Waals surface area contributed by atoms with Crippen molar-refractivity contribution < 1.29 is 14.7 Å². The van der Waals surface area contributed by atoms with E-state index in [9.17, 15) is 9.59 Å². The maximum absolute atomic E-state index is 10.5. The Balaban J connectivity index is 3.76. The van der Waals surface area contributed by atoms with Crippen LogP contribution in [0.4, 0.5) is 0 Å². The fourth-order valence-electron chi connectivity index (χ4n) is 0.878. The zero-order valence-electron chi connectivity index (χ0n) is 6.99. The summed E-state index contributed by atoms with van der Waals surface area (Å²) in [5.41, 5.74) is 10.4. The van der Waals surface area contributed by atoms with Gasteiger partial charge >= 0.3 is 5.97 Å². The molecule has 0 aromatic heterocycles. The maximum Gasteiger partial charge on any atom is 0.304 e. The van der Waals surface area contributed by atoms with Gasteiger partial charge in [-0.05, 0) is 6.42 Å². The average molecular weight is 174 g/mol. The number of carboxylic acids is 1. The van der Waals surface area contributed by atoms with Gasteiger partial charge in [0.25, 0.3) is 0 Å². The Kier molecular flexibility index (Phi) is 4.28. The molecule has 1 unspecified atom stereocenters. The number of carbonyl (C=O) groups excluding carboxylic acids is 1. The van der Waals surface area contributed by atoms with Crippen molar-refractivity contribution in [2.24, 2.45) is 17.4 Å². The Morgan fingerprint density at radius 2 is 2.00 bits per heavy atom. The average Bonchev–Trinajstić information content (AvgIpc) is 1.84. The van der Waals surface area contributed by atoms with Crippen molar-refractivity contribution in [2.45, 2.75) is 25.8 Å². The number of primary amides is 1. The van der Waals surface area contributed by atoms with Gasteiger partial charge < -0.3 is 16.6 Å². The summed E-state index contributed by atoms with van der Waals surface area (Å²) in [7, 11) is 0. The number of hydrogen-bond acceptors (Lipinski definition) is 3. The lowest BCUT2D eigenvalue weighted by Gasteiger charge is -2.12. The fourth-order valence-corrected chi connectivity index (χ4v) is 0.878. The van der Waals surface area contributed by atoms with Crippen LogP contribution < -0.4 is 11.5 Å². The molecule has 0 aromatic rings. The number of nitrogens with two attached hydrogens (primary N) is 2. The van der Waals surface area contributed by atoms with Gasteiger partial charge in [0.05, 0.1) is 6.42 Å². The summed E-state index contributed by atoms with van der Waals surface area (Å²) < 4.78 is 0. The zero-order valence-corrected chi connectivity index (χ0v) is 6.99. The first kappa shape index (κ1) is 10.9. The molecule has 0 saturated heterocycles. The summed E-state index contributed by atoms with van der Waals surface area (Å²) in [4.78, 5) is 20.7. The van der Waals surface area contributed by atoms with Gasteiger partial charge in [-0.2, -0.15) is 0 Å². The first-order valence-corrected chi connectivity index (χ1v) is 3.70. The molecule has 5 nitrogen and oxygen atoms in total. The maximum atomic E-state index is 10.5. The molecule has 0 heterocycles. The molecule has 0 aliphatic rings. The number of carboxylic acid groups (broad SMARTS) is 1. The van der Waals surface area contributed by atoms with E-state index < -0.39 is 17.9 Å². The molecule has 0 spiro atoms. The topological polar surface area (TPSA) is 106 Å². The smallest absolute Gasteiger partial charge is 0.304 e. The van der Waals surface area contributed by atoms with Crippen LogP contribution in [0.15, 0.2) is 0 Å². The van der Waals surface area contributed by atoms with E-state index in [2.05, 4.69) is 0 Å². The van der Waals surface area contributed by atoms with E-state index >= 15 is 0 Å². The van der Waals surface area contributed by atoms with Crippen molar-refractivity contribution in [3.8, 4) is 0 Å². The number of rotatable bonds is 5. The molecule has 0 aromatic carbocycles. The minimum atomic E-state index is -0.959. The van der Waals surface area contributed by atoms with E-state index in [1.54, 1.807) is 6.92 Å². The molecule has 70 valence electrons. The molecular weight excluding hydrogens is 160 g/mol. The summed E-state index contributed by atoms with van der Waals surface area (Å²) >= 11 is 0. The Hall–Kier alpha value is -1.10. The predicted molar refractivity (Wildman–Crippen MR) is 43.2 cm³/mol. The number of carbonyl (C=O) groups is 2. The summed E-state index contributed by atoms with van der Waals surface area (Å²) in [6, 6.07) is -0.495. The number of amides is 1. The quantitative estimate of drug-likeness (QED) is 0.512. The SMILES string of the molecule is CC(C[C@H](N)CC(=O)O)C(N)=O. The standard InChI is InChI=1S/C7H14N2O3/c1-4(7(9)12)2-5(8)3-6(10)11/h4-5H,2-3,8H2,1H3,(H2,9,12)(H,10,11)/t4?,5-/m0/s1. The molecule has 0 aliphatic heterocycles. The summed E-state index contributed by atoms with van der Waals surface area (Å²) in [6.07, 6.45) is 0.194. The zero-order chi connectivity index (χ0) is 9.72. The van der Waals surface area contributed by atoms with Crippen LogP contribution in [0.3, 0.4) is 0 Å². The number of hydrogen-bond donors (Lipinski definition) is 3. The van der Waals surface area contributed by atoms with Crippen molar-refractivity contribution in [1.29, 1.82) is 0 Å². The first-order valence-electron chi connectivity index (χ1n) is 3.70. The Bertz CT molecular complexity index is 181. The van der Waals surface area contributed by atoms with Gasteiger partial charge in [-0.3, -0.25) is 9.59 Å². The molecular formula is C7H14N2O3. The van der Waals surface area contributed by atoms with E-state index in [-0.39, 0.29) is 12.3 Å². The van der Waals surface area contributed by atoms with Crippen molar-refractivity contribution in [2.75, 3.05) is 0 Å². The summed E-state index contributed by atoms with van der Waals surface area (Å²) in [6.45, 7) is 1.63. The largest absolute Gasteiger partial charge is 0.481 e. The lowest BCUT2D eigenvalue weighted by atomic mass is 10.00. The van der Waals surface area contributed by atoms with E-state index in [1.807, 2.05) is 0 Å². The van der Waals surface area contributed by atoms with Crippen LogP contribution in [0.1, 0.15) is 19.8 Å². The first-order chi connectivity index (χ1) is 5.43. The monoisotopic (exact) mass is 174 g/mol. The molecule has 5 heteroatoms. The van der Waals surface area contributed by atoms with E-state index in [1.165, 1.54) is 0 Å². The third kappa shape index (κ3) is 4.68. The molecule has 0 rings (SSSR count). The molecule has 12 heavy (non-hydrogen) atoms. The van der Waals surface area contributed by atoms with Gasteiger partial charge in [0.2, 0.25) is 5.91 Å². The van der Waals surface area contributed by atoms with Crippen molar-refractivity contribution >= 4 is 11.9 Å². The second kappa shape index (κ2) is 4.71. The highest BCUT2D eigenvalue weighted by molar-refractivity contribution is 5.76. The molecule has 1 amide bonds. The summed E-state index contributed by atoms with van der Waals surface area (Å²) in [5.74, 6) is -1.77. The number of aliphatic carboxylic acids is 1. The normalized spacial score (nSPS) is 15.2. The summed E-state index contributed by atoms with van der Waals surface area (Å²) in [5, 5.41) is 8.34.